The number of alkyl halides is 6. The van der Waals surface area contributed by atoms with Gasteiger partial charge in [0.15, 0.2) is 5.60 Å². The maximum Gasteiger partial charge on any atom is 0.421 e. The van der Waals surface area contributed by atoms with E-state index in [1.165, 1.54) is 22.5 Å². The third-order valence-corrected chi connectivity index (χ3v) is 10.2. The standard InChI is InChI=1S/C23H28F6N4O3S2/c1-21(34,23(27,28)29)16-4-6-17(7-5-16)33-11-10-32(38(35,36)20-3-2-12-37-20)14-18(33)13-31-9-8-30-19(15-31)22(24,25)26/h2-7,12,18-19,30,34H,8-11,13-15H2,1H3. The molecule has 2 aliphatic rings. The molecule has 0 aliphatic carbocycles. The van der Waals surface area contributed by atoms with E-state index in [0.717, 1.165) is 23.5 Å². The normalized spacial score (nSPS) is 24.4. The summed E-state index contributed by atoms with van der Waals surface area (Å²) in [6, 6.07) is 5.92. The summed E-state index contributed by atoms with van der Waals surface area (Å²) in [6.07, 6.45) is -9.33. The average Bonchev–Trinajstić information content (AvgIpc) is 3.39. The van der Waals surface area contributed by atoms with Gasteiger partial charge in [-0.25, -0.2) is 8.42 Å². The third kappa shape index (κ3) is 5.97. The van der Waals surface area contributed by atoms with Gasteiger partial charge in [-0.15, -0.1) is 11.3 Å². The quantitative estimate of drug-likeness (QED) is 0.507. The smallest absolute Gasteiger partial charge is 0.376 e. The molecule has 3 atom stereocenters. The zero-order chi connectivity index (χ0) is 27.9. The molecule has 0 bridgehead atoms. The van der Waals surface area contributed by atoms with Crippen molar-refractivity contribution in [2.45, 2.75) is 41.2 Å². The number of rotatable bonds is 6. The molecule has 2 aliphatic heterocycles. The van der Waals surface area contributed by atoms with Gasteiger partial charge in [0.25, 0.3) is 10.0 Å². The molecule has 0 radical (unpaired) electrons. The highest BCUT2D eigenvalue weighted by Gasteiger charge is 2.51. The molecule has 0 spiro atoms. The fraction of sp³-hybridized carbons (Fsp3) is 0.565. The van der Waals surface area contributed by atoms with Crippen LogP contribution in [0.25, 0.3) is 0 Å². The molecule has 2 N–H and O–H groups in total. The second-order valence-corrected chi connectivity index (χ2v) is 12.7. The highest BCUT2D eigenvalue weighted by Crippen LogP contribution is 2.39. The average molecular weight is 587 g/mol. The number of sulfonamides is 1. The van der Waals surface area contributed by atoms with Crippen molar-refractivity contribution in [3.63, 3.8) is 0 Å². The Balaban J connectivity index is 1.60. The molecule has 0 saturated carbocycles. The van der Waals surface area contributed by atoms with Crippen molar-refractivity contribution in [2.24, 2.45) is 0 Å². The zero-order valence-electron chi connectivity index (χ0n) is 20.3. The molecule has 2 saturated heterocycles. The maximum absolute atomic E-state index is 13.3. The van der Waals surface area contributed by atoms with E-state index in [9.17, 15) is 39.9 Å². The Bertz CT molecular complexity index is 1190. The van der Waals surface area contributed by atoms with Crippen LogP contribution in [0, 0.1) is 0 Å². The van der Waals surface area contributed by atoms with Crippen molar-refractivity contribution in [2.75, 3.05) is 50.7 Å². The van der Waals surface area contributed by atoms with Crippen molar-refractivity contribution < 1.29 is 39.9 Å². The Hall–Kier alpha value is -1.91. The van der Waals surface area contributed by atoms with Gasteiger partial charge < -0.3 is 15.3 Å². The van der Waals surface area contributed by atoms with E-state index in [4.69, 9.17) is 0 Å². The topological polar surface area (TPSA) is 76.1 Å². The van der Waals surface area contributed by atoms with E-state index in [2.05, 4.69) is 5.32 Å². The number of piperazine rings is 2. The van der Waals surface area contributed by atoms with Crippen molar-refractivity contribution in [3.05, 3.63) is 47.3 Å². The van der Waals surface area contributed by atoms with E-state index in [1.807, 2.05) is 0 Å². The monoisotopic (exact) mass is 586 g/mol. The second-order valence-electron chi connectivity index (χ2n) is 9.57. The SMILES string of the molecule is CC(O)(c1ccc(N2CCN(S(=O)(=O)c3cccs3)CC2CN2CCNC(C(F)(F)F)C2)cc1)C(F)(F)F. The van der Waals surface area contributed by atoms with E-state index in [0.29, 0.717) is 19.2 Å². The Morgan fingerprint density at radius 2 is 1.71 bits per heavy atom. The molecular weight excluding hydrogens is 558 g/mol. The number of nitrogens with one attached hydrogen (secondary N) is 1. The molecule has 1 aromatic carbocycles. The second kappa shape index (κ2) is 10.6. The Morgan fingerprint density at radius 1 is 1.03 bits per heavy atom. The number of halogens is 6. The Labute approximate surface area is 220 Å². The van der Waals surface area contributed by atoms with Crippen molar-refractivity contribution in [1.82, 2.24) is 14.5 Å². The molecule has 2 fully saturated rings. The number of hydrogen-bond acceptors (Lipinski definition) is 7. The summed E-state index contributed by atoms with van der Waals surface area (Å²) in [5.41, 5.74) is -2.95. The van der Waals surface area contributed by atoms with Gasteiger partial charge in [0.2, 0.25) is 0 Å². The fourth-order valence-corrected chi connectivity index (χ4v) is 7.33. The number of anilines is 1. The molecule has 1 aromatic heterocycles. The molecule has 212 valence electrons. The Morgan fingerprint density at radius 3 is 2.29 bits per heavy atom. The largest absolute Gasteiger partial charge is 0.421 e. The lowest BCUT2D eigenvalue weighted by molar-refractivity contribution is -0.258. The summed E-state index contributed by atoms with van der Waals surface area (Å²) in [7, 11) is -3.82. The Kier molecular flexibility index (Phi) is 8.10. The van der Waals surface area contributed by atoms with Gasteiger partial charge >= 0.3 is 12.4 Å². The van der Waals surface area contributed by atoms with Gasteiger partial charge in [-0.2, -0.15) is 30.6 Å². The fourth-order valence-electron chi connectivity index (χ4n) is 4.71. The lowest BCUT2D eigenvalue weighted by Gasteiger charge is -2.45. The predicted molar refractivity (Wildman–Crippen MR) is 131 cm³/mol. The van der Waals surface area contributed by atoms with E-state index in [-0.39, 0.29) is 49.0 Å². The van der Waals surface area contributed by atoms with Gasteiger partial charge in [0.1, 0.15) is 10.3 Å². The minimum atomic E-state index is -4.89. The number of aliphatic hydroxyl groups is 1. The van der Waals surface area contributed by atoms with Gasteiger partial charge in [-0.05, 0) is 36.1 Å². The number of nitrogens with zero attached hydrogens (tertiary/aromatic N) is 3. The lowest BCUT2D eigenvalue weighted by Crippen LogP contribution is -2.62. The van der Waals surface area contributed by atoms with Crippen LogP contribution in [0.1, 0.15) is 12.5 Å². The van der Waals surface area contributed by atoms with Crippen molar-refractivity contribution in [3.8, 4) is 0 Å². The number of benzene rings is 1. The first kappa shape index (κ1) is 29.1. The molecule has 38 heavy (non-hydrogen) atoms. The number of hydrogen-bond donors (Lipinski definition) is 2. The summed E-state index contributed by atoms with van der Waals surface area (Å²) in [5, 5.41) is 14.1. The van der Waals surface area contributed by atoms with Crippen molar-refractivity contribution in [1.29, 1.82) is 0 Å². The highest BCUT2D eigenvalue weighted by molar-refractivity contribution is 7.91. The first-order valence-electron chi connectivity index (χ1n) is 11.8. The van der Waals surface area contributed by atoms with Crippen LogP contribution < -0.4 is 10.2 Å². The summed E-state index contributed by atoms with van der Waals surface area (Å²) in [5.74, 6) is 0. The maximum atomic E-state index is 13.3. The van der Waals surface area contributed by atoms with E-state index < -0.39 is 40.1 Å². The summed E-state index contributed by atoms with van der Waals surface area (Å²) in [6.45, 7) is 1.15. The van der Waals surface area contributed by atoms with Crippen LogP contribution >= 0.6 is 11.3 Å². The van der Waals surface area contributed by atoms with Crippen LogP contribution in [0.15, 0.2) is 46.0 Å². The molecule has 4 rings (SSSR count). The minimum absolute atomic E-state index is 0.0110. The van der Waals surface area contributed by atoms with Gasteiger partial charge in [-0.1, -0.05) is 18.2 Å². The molecule has 15 heteroatoms. The lowest BCUT2D eigenvalue weighted by atomic mass is 9.95. The first-order valence-corrected chi connectivity index (χ1v) is 14.1. The molecule has 2 aromatic rings. The molecule has 0 amide bonds. The third-order valence-electron chi connectivity index (χ3n) is 6.97. The van der Waals surface area contributed by atoms with E-state index in [1.54, 1.807) is 21.2 Å². The minimum Gasteiger partial charge on any atom is -0.376 e. The molecule has 7 nitrogen and oxygen atoms in total. The molecule has 3 unspecified atom stereocenters. The van der Waals surface area contributed by atoms with Crippen LogP contribution in [-0.2, 0) is 15.6 Å². The molecule has 3 heterocycles. The van der Waals surface area contributed by atoms with Gasteiger partial charge in [0.05, 0.1) is 6.04 Å². The highest BCUT2D eigenvalue weighted by atomic mass is 32.2. The van der Waals surface area contributed by atoms with Crippen LogP contribution in [0.5, 0.6) is 0 Å². The van der Waals surface area contributed by atoms with Crippen molar-refractivity contribution >= 4 is 27.0 Å². The zero-order valence-corrected chi connectivity index (χ0v) is 22.0. The van der Waals surface area contributed by atoms with Crippen LogP contribution in [0.2, 0.25) is 0 Å². The van der Waals surface area contributed by atoms with Gasteiger partial charge in [0, 0.05) is 51.5 Å². The van der Waals surface area contributed by atoms with Crippen LogP contribution in [0.4, 0.5) is 32.0 Å². The first-order chi connectivity index (χ1) is 17.6. The molecular formula is C23H28F6N4O3S2. The number of thiophene rings is 1. The van der Waals surface area contributed by atoms with Crippen LogP contribution in [-0.4, -0.2) is 93.0 Å². The van der Waals surface area contributed by atoms with Gasteiger partial charge in [-0.3, -0.25) is 4.90 Å². The predicted octanol–water partition coefficient (Wildman–Crippen LogP) is 3.23. The van der Waals surface area contributed by atoms with Crippen LogP contribution in [0.3, 0.4) is 0 Å². The summed E-state index contributed by atoms with van der Waals surface area (Å²) < 4.78 is 108. The van der Waals surface area contributed by atoms with E-state index >= 15 is 0 Å². The summed E-state index contributed by atoms with van der Waals surface area (Å²) in [4.78, 5) is 3.42. The summed E-state index contributed by atoms with van der Waals surface area (Å²) >= 11 is 1.06.